The first-order chi connectivity index (χ1) is 17.1. The SMILES string of the molecule is CCCCC(Cc1c[nH]c2ccccc12)NC(=O)c1cnc(N2CCN(c3ccnn3C)CC2)s1. The molecule has 4 aromatic rings. The van der Waals surface area contributed by atoms with E-state index in [4.69, 9.17) is 0 Å². The summed E-state index contributed by atoms with van der Waals surface area (Å²) >= 11 is 1.49. The highest BCUT2D eigenvalue weighted by Crippen LogP contribution is 2.26. The quantitative estimate of drug-likeness (QED) is 0.366. The minimum absolute atomic E-state index is 0.0248. The zero-order valence-corrected chi connectivity index (χ0v) is 21.2. The van der Waals surface area contributed by atoms with Crippen LogP contribution < -0.4 is 15.1 Å². The predicted octanol–water partition coefficient (Wildman–Crippen LogP) is 4.22. The van der Waals surface area contributed by atoms with Crippen molar-refractivity contribution in [3.63, 3.8) is 0 Å². The van der Waals surface area contributed by atoms with E-state index in [1.807, 2.05) is 30.1 Å². The van der Waals surface area contributed by atoms with Crippen LogP contribution in [0.5, 0.6) is 0 Å². The summed E-state index contributed by atoms with van der Waals surface area (Å²) in [6.45, 7) is 5.75. The van der Waals surface area contributed by atoms with E-state index in [-0.39, 0.29) is 11.9 Å². The van der Waals surface area contributed by atoms with Crippen molar-refractivity contribution < 1.29 is 4.79 Å². The molecule has 1 saturated heterocycles. The topological polar surface area (TPSA) is 82.1 Å². The number of para-hydroxylation sites is 1. The van der Waals surface area contributed by atoms with Crippen molar-refractivity contribution in [2.75, 3.05) is 36.0 Å². The molecule has 1 unspecified atom stereocenters. The lowest BCUT2D eigenvalue weighted by atomic mass is 10.0. The zero-order chi connectivity index (χ0) is 24.2. The monoisotopic (exact) mass is 491 g/mol. The Bertz CT molecular complexity index is 1270. The standard InChI is InChI=1S/C26H33N7OS/c1-3-4-7-20(16-19-17-27-22-9-6-5-8-21(19)22)30-25(34)23-18-28-26(35-23)33-14-12-32(13-15-33)24-10-11-29-31(24)2/h5-6,8-11,17-18,20,27H,3-4,7,12-16H2,1-2H3,(H,30,34). The number of aromatic amines is 1. The summed E-state index contributed by atoms with van der Waals surface area (Å²) < 4.78 is 1.91. The van der Waals surface area contributed by atoms with Gasteiger partial charge in [-0.25, -0.2) is 4.98 Å². The molecule has 184 valence electrons. The molecule has 0 spiro atoms. The molecule has 8 nitrogen and oxygen atoms in total. The number of anilines is 2. The maximum Gasteiger partial charge on any atom is 0.263 e. The fourth-order valence-electron chi connectivity index (χ4n) is 4.82. The van der Waals surface area contributed by atoms with Gasteiger partial charge in [0.25, 0.3) is 5.91 Å². The second kappa shape index (κ2) is 10.5. The fourth-order valence-corrected chi connectivity index (χ4v) is 5.69. The average Bonchev–Trinajstić information content (AvgIpc) is 3.63. The number of nitrogens with zero attached hydrogens (tertiary/aromatic N) is 5. The maximum atomic E-state index is 13.2. The molecule has 0 saturated carbocycles. The summed E-state index contributed by atoms with van der Waals surface area (Å²) in [4.78, 5) is 26.4. The smallest absolute Gasteiger partial charge is 0.263 e. The Morgan fingerprint density at radius 3 is 2.74 bits per heavy atom. The molecule has 0 bridgehead atoms. The van der Waals surface area contributed by atoms with Crippen molar-refractivity contribution >= 4 is 39.1 Å². The molecule has 35 heavy (non-hydrogen) atoms. The molecule has 1 atom stereocenters. The van der Waals surface area contributed by atoms with Crippen molar-refractivity contribution in [2.45, 2.75) is 38.6 Å². The molecule has 5 rings (SSSR count). The number of hydrogen-bond donors (Lipinski definition) is 2. The summed E-state index contributed by atoms with van der Waals surface area (Å²) in [6.07, 6.45) is 9.61. The van der Waals surface area contributed by atoms with E-state index in [2.05, 4.69) is 61.5 Å². The van der Waals surface area contributed by atoms with E-state index in [9.17, 15) is 4.79 Å². The number of unbranched alkanes of at least 4 members (excludes halogenated alkanes) is 1. The van der Waals surface area contributed by atoms with Crippen LogP contribution >= 0.6 is 11.3 Å². The van der Waals surface area contributed by atoms with Crippen LogP contribution in [0.4, 0.5) is 10.9 Å². The first-order valence-corrected chi connectivity index (χ1v) is 13.2. The number of H-pyrrole nitrogens is 1. The lowest BCUT2D eigenvalue weighted by molar-refractivity contribution is 0.0938. The van der Waals surface area contributed by atoms with Crippen molar-refractivity contribution in [3.05, 3.63) is 59.4 Å². The number of fused-ring (bicyclic) bond motifs is 1. The van der Waals surface area contributed by atoms with Crippen LogP contribution in [0.15, 0.2) is 48.9 Å². The number of carbonyl (C=O) groups is 1. The largest absolute Gasteiger partial charge is 0.361 e. The normalized spacial score (nSPS) is 15.0. The summed E-state index contributed by atoms with van der Waals surface area (Å²) in [5, 5.41) is 9.73. The van der Waals surface area contributed by atoms with Crippen LogP contribution in [0.25, 0.3) is 10.9 Å². The van der Waals surface area contributed by atoms with Gasteiger partial charge >= 0.3 is 0 Å². The van der Waals surface area contributed by atoms with Crippen molar-refractivity contribution in [2.24, 2.45) is 7.05 Å². The van der Waals surface area contributed by atoms with Crippen LogP contribution in [0.1, 0.15) is 41.4 Å². The minimum Gasteiger partial charge on any atom is -0.361 e. The van der Waals surface area contributed by atoms with Crippen molar-refractivity contribution in [1.29, 1.82) is 0 Å². The molecule has 9 heteroatoms. The summed E-state index contributed by atoms with van der Waals surface area (Å²) in [7, 11) is 1.97. The van der Waals surface area contributed by atoms with E-state index >= 15 is 0 Å². The first kappa shape index (κ1) is 23.4. The molecule has 0 radical (unpaired) electrons. The van der Waals surface area contributed by atoms with E-state index in [0.29, 0.717) is 4.88 Å². The molecule has 1 aliphatic rings. The number of hydrogen-bond acceptors (Lipinski definition) is 6. The molecule has 1 fully saturated rings. The Morgan fingerprint density at radius 1 is 1.17 bits per heavy atom. The Morgan fingerprint density at radius 2 is 1.97 bits per heavy atom. The maximum absolute atomic E-state index is 13.2. The van der Waals surface area contributed by atoms with E-state index < -0.39 is 0 Å². The molecule has 4 heterocycles. The Hall–Kier alpha value is -3.33. The number of carbonyl (C=O) groups excluding carboxylic acids is 1. The highest BCUT2D eigenvalue weighted by molar-refractivity contribution is 7.17. The number of thiazole rings is 1. The number of aryl methyl sites for hydroxylation is 1. The van der Waals surface area contributed by atoms with Crippen LogP contribution in [0, 0.1) is 0 Å². The van der Waals surface area contributed by atoms with Gasteiger partial charge in [-0.15, -0.1) is 0 Å². The molecular weight excluding hydrogens is 458 g/mol. The van der Waals surface area contributed by atoms with Crippen molar-refractivity contribution in [1.82, 2.24) is 25.1 Å². The van der Waals surface area contributed by atoms with Gasteiger partial charge in [0, 0.05) is 62.4 Å². The third-order valence-corrected chi connectivity index (χ3v) is 7.83. The Labute approximate surface area is 210 Å². The first-order valence-electron chi connectivity index (χ1n) is 12.4. The Kier molecular flexibility index (Phi) is 7.03. The van der Waals surface area contributed by atoms with Gasteiger partial charge < -0.3 is 20.1 Å². The van der Waals surface area contributed by atoms with E-state index in [1.54, 1.807) is 6.20 Å². The van der Waals surface area contributed by atoms with Gasteiger partial charge in [-0.05, 0) is 24.5 Å². The summed E-state index contributed by atoms with van der Waals surface area (Å²) in [5.41, 5.74) is 2.39. The molecule has 1 aromatic carbocycles. The number of rotatable bonds is 9. The Balaban J connectivity index is 1.21. The van der Waals surface area contributed by atoms with Gasteiger partial charge in [0.1, 0.15) is 10.7 Å². The summed E-state index contributed by atoms with van der Waals surface area (Å²) in [5.74, 6) is 1.11. The van der Waals surface area contributed by atoms with Crippen LogP contribution in [-0.4, -0.2) is 57.9 Å². The molecule has 1 aliphatic heterocycles. The average molecular weight is 492 g/mol. The second-order valence-electron chi connectivity index (χ2n) is 9.17. The lowest BCUT2D eigenvalue weighted by Crippen LogP contribution is -2.47. The highest BCUT2D eigenvalue weighted by Gasteiger charge is 2.23. The molecule has 3 aromatic heterocycles. The van der Waals surface area contributed by atoms with Gasteiger partial charge in [0.2, 0.25) is 0 Å². The third-order valence-electron chi connectivity index (χ3n) is 6.77. The molecule has 1 amide bonds. The lowest BCUT2D eigenvalue weighted by Gasteiger charge is -2.35. The highest BCUT2D eigenvalue weighted by atomic mass is 32.1. The van der Waals surface area contributed by atoms with Gasteiger partial charge in [-0.2, -0.15) is 5.10 Å². The number of aromatic nitrogens is 4. The zero-order valence-electron chi connectivity index (χ0n) is 20.4. The number of benzene rings is 1. The number of nitrogens with one attached hydrogen (secondary N) is 2. The third kappa shape index (κ3) is 5.19. The van der Waals surface area contributed by atoms with Crippen molar-refractivity contribution in [3.8, 4) is 0 Å². The van der Waals surface area contributed by atoms with Gasteiger partial charge in [-0.3, -0.25) is 9.48 Å². The van der Waals surface area contributed by atoms with Gasteiger partial charge in [0.05, 0.1) is 12.4 Å². The van der Waals surface area contributed by atoms with Crippen LogP contribution in [0.3, 0.4) is 0 Å². The van der Waals surface area contributed by atoms with Gasteiger partial charge in [0.15, 0.2) is 5.13 Å². The second-order valence-corrected chi connectivity index (χ2v) is 10.2. The molecule has 2 N–H and O–H groups in total. The summed E-state index contributed by atoms with van der Waals surface area (Å²) in [6, 6.07) is 10.5. The van der Waals surface area contributed by atoms with E-state index in [1.165, 1.54) is 22.3 Å². The predicted molar refractivity (Wildman–Crippen MR) is 143 cm³/mol. The fraction of sp³-hybridized carbons (Fsp3) is 0.423. The molecule has 0 aliphatic carbocycles. The minimum atomic E-state index is -0.0248. The van der Waals surface area contributed by atoms with Crippen LogP contribution in [0.2, 0.25) is 0 Å². The van der Waals surface area contributed by atoms with E-state index in [0.717, 1.165) is 68.3 Å². The van der Waals surface area contributed by atoms with Gasteiger partial charge in [-0.1, -0.05) is 49.3 Å². The van der Waals surface area contributed by atoms with Crippen LogP contribution in [-0.2, 0) is 13.5 Å². The number of amides is 1. The number of piperazine rings is 1. The molecular formula is C26H33N7OS.